The highest BCUT2D eigenvalue weighted by Crippen LogP contribution is 2.28. The summed E-state index contributed by atoms with van der Waals surface area (Å²) < 4.78 is 6.71. The molecule has 0 aliphatic heterocycles. The molecule has 0 spiro atoms. The lowest BCUT2D eigenvalue weighted by Crippen LogP contribution is -2.14. The van der Waals surface area contributed by atoms with E-state index in [4.69, 9.17) is 4.74 Å². The van der Waals surface area contributed by atoms with Crippen LogP contribution in [0.4, 0.5) is 5.82 Å². The van der Waals surface area contributed by atoms with Crippen LogP contribution in [0.5, 0.6) is 0 Å². The topological polar surface area (TPSA) is 81.4 Å². The van der Waals surface area contributed by atoms with Gasteiger partial charge in [-0.2, -0.15) is 14.6 Å². The Morgan fingerprint density at radius 2 is 2.33 bits per heavy atom. The van der Waals surface area contributed by atoms with Crippen LogP contribution in [0.3, 0.4) is 0 Å². The number of hydrogen-bond acceptors (Lipinski definition) is 6. The first-order valence-corrected chi connectivity index (χ1v) is 7.30. The van der Waals surface area contributed by atoms with Crippen LogP contribution in [0.2, 0.25) is 0 Å². The summed E-state index contributed by atoms with van der Waals surface area (Å²) in [6.07, 6.45) is 4.75. The second-order valence-electron chi connectivity index (χ2n) is 5.22. The molecule has 0 unspecified atom stereocenters. The Balaban J connectivity index is 1.90. The molecule has 1 aliphatic carbocycles. The lowest BCUT2D eigenvalue weighted by molar-refractivity contribution is -0.143. The molecule has 0 saturated heterocycles. The fourth-order valence-electron chi connectivity index (χ4n) is 2.31. The number of carbonyl (C=O) groups is 1. The molecule has 21 heavy (non-hydrogen) atoms. The van der Waals surface area contributed by atoms with Gasteiger partial charge in [-0.3, -0.25) is 4.79 Å². The third-order valence-corrected chi connectivity index (χ3v) is 3.53. The van der Waals surface area contributed by atoms with Gasteiger partial charge in [-0.15, -0.1) is 0 Å². The number of fused-ring (bicyclic) bond motifs is 1. The molecule has 2 aromatic heterocycles. The third kappa shape index (κ3) is 2.96. The van der Waals surface area contributed by atoms with E-state index in [0.29, 0.717) is 31.3 Å². The zero-order valence-corrected chi connectivity index (χ0v) is 12.3. The molecule has 7 nitrogen and oxygen atoms in total. The molecule has 0 aromatic carbocycles. The van der Waals surface area contributed by atoms with Crippen molar-refractivity contribution >= 4 is 17.6 Å². The summed E-state index contributed by atoms with van der Waals surface area (Å²) in [6, 6.07) is 0.487. The van der Waals surface area contributed by atoms with Gasteiger partial charge < -0.3 is 10.1 Å². The Morgan fingerprint density at radius 1 is 1.52 bits per heavy atom. The predicted octanol–water partition coefficient (Wildman–Crippen LogP) is 1.50. The summed E-state index contributed by atoms with van der Waals surface area (Å²) in [5, 5.41) is 7.71. The Kier molecular flexibility index (Phi) is 3.72. The van der Waals surface area contributed by atoms with Crippen LogP contribution in [-0.2, 0) is 16.0 Å². The molecule has 112 valence electrons. The van der Waals surface area contributed by atoms with Gasteiger partial charge in [-0.25, -0.2) is 4.98 Å². The third-order valence-electron chi connectivity index (χ3n) is 3.53. The lowest BCUT2D eigenvalue weighted by atomic mass is 10.1. The smallest absolute Gasteiger partial charge is 0.306 e. The number of hydrogen-bond donors (Lipinski definition) is 1. The van der Waals surface area contributed by atoms with Gasteiger partial charge in [0.15, 0.2) is 0 Å². The molecule has 1 aliphatic rings. The number of aryl methyl sites for hydroxylation is 1. The molecular weight excluding hydrogens is 270 g/mol. The summed E-state index contributed by atoms with van der Waals surface area (Å²) in [7, 11) is 0. The summed E-state index contributed by atoms with van der Waals surface area (Å²) in [6.45, 7) is 4.16. The Morgan fingerprint density at radius 3 is 3.05 bits per heavy atom. The van der Waals surface area contributed by atoms with Crippen LogP contribution in [0.1, 0.15) is 37.4 Å². The van der Waals surface area contributed by atoms with E-state index in [1.807, 2.05) is 13.8 Å². The maximum Gasteiger partial charge on any atom is 0.306 e. The van der Waals surface area contributed by atoms with Crippen molar-refractivity contribution in [2.45, 2.75) is 45.6 Å². The number of aromatic nitrogens is 4. The van der Waals surface area contributed by atoms with E-state index in [1.165, 1.54) is 6.33 Å². The van der Waals surface area contributed by atoms with Gasteiger partial charge in [0.05, 0.1) is 6.61 Å². The number of rotatable bonds is 6. The molecule has 0 amide bonds. The quantitative estimate of drug-likeness (QED) is 0.812. The number of ether oxygens (including phenoxy) is 1. The van der Waals surface area contributed by atoms with Crippen molar-refractivity contribution in [3.8, 4) is 0 Å². The average molecular weight is 289 g/mol. The minimum atomic E-state index is -0.187. The van der Waals surface area contributed by atoms with Crippen molar-refractivity contribution in [1.82, 2.24) is 19.6 Å². The standard InChI is InChI=1S/C14H19N5O2/c1-3-21-12(20)7-6-11-9(2)17-14-15-8-16-19(14)13(11)18-10-4-5-10/h8,10,18H,3-7H2,1-2H3. The van der Waals surface area contributed by atoms with E-state index in [0.717, 1.165) is 29.9 Å². The van der Waals surface area contributed by atoms with Crippen molar-refractivity contribution < 1.29 is 9.53 Å². The van der Waals surface area contributed by atoms with Gasteiger partial charge in [0, 0.05) is 23.7 Å². The van der Waals surface area contributed by atoms with Crippen LogP contribution in [-0.4, -0.2) is 38.2 Å². The highest BCUT2D eigenvalue weighted by atomic mass is 16.5. The first kappa shape index (κ1) is 13.8. The van der Waals surface area contributed by atoms with Crippen molar-refractivity contribution in [1.29, 1.82) is 0 Å². The number of carbonyl (C=O) groups excluding carboxylic acids is 1. The fourth-order valence-corrected chi connectivity index (χ4v) is 2.31. The first-order valence-electron chi connectivity index (χ1n) is 7.30. The molecule has 1 saturated carbocycles. The van der Waals surface area contributed by atoms with Crippen LogP contribution in [0, 0.1) is 6.92 Å². The Labute approximate surface area is 122 Å². The maximum absolute atomic E-state index is 11.6. The Hall–Kier alpha value is -2.18. The molecule has 2 heterocycles. The van der Waals surface area contributed by atoms with Crippen molar-refractivity contribution in [2.75, 3.05) is 11.9 Å². The van der Waals surface area contributed by atoms with Gasteiger partial charge in [-0.05, 0) is 33.1 Å². The normalized spacial score (nSPS) is 14.4. The summed E-state index contributed by atoms with van der Waals surface area (Å²) in [4.78, 5) is 20.2. The molecule has 7 heteroatoms. The molecule has 0 atom stereocenters. The number of anilines is 1. The maximum atomic E-state index is 11.6. The van der Waals surface area contributed by atoms with E-state index in [-0.39, 0.29) is 5.97 Å². The van der Waals surface area contributed by atoms with Crippen molar-refractivity contribution in [3.05, 3.63) is 17.6 Å². The molecule has 1 fully saturated rings. The Bertz CT molecular complexity index is 663. The van der Waals surface area contributed by atoms with Crippen LogP contribution in [0.25, 0.3) is 5.78 Å². The average Bonchev–Trinajstić information content (AvgIpc) is 3.14. The van der Waals surface area contributed by atoms with Gasteiger partial charge in [0.1, 0.15) is 12.1 Å². The van der Waals surface area contributed by atoms with Gasteiger partial charge in [0.2, 0.25) is 0 Å². The highest BCUT2D eigenvalue weighted by Gasteiger charge is 2.25. The summed E-state index contributed by atoms with van der Waals surface area (Å²) in [5.41, 5.74) is 1.89. The van der Waals surface area contributed by atoms with E-state index < -0.39 is 0 Å². The minimum absolute atomic E-state index is 0.187. The van der Waals surface area contributed by atoms with Crippen molar-refractivity contribution in [3.63, 3.8) is 0 Å². The molecular formula is C14H19N5O2. The fraction of sp³-hybridized carbons (Fsp3) is 0.571. The zero-order valence-electron chi connectivity index (χ0n) is 12.3. The largest absolute Gasteiger partial charge is 0.466 e. The van der Waals surface area contributed by atoms with Crippen LogP contribution < -0.4 is 5.32 Å². The van der Waals surface area contributed by atoms with Crippen LogP contribution in [0.15, 0.2) is 6.33 Å². The van der Waals surface area contributed by atoms with Gasteiger partial charge >= 0.3 is 5.97 Å². The highest BCUT2D eigenvalue weighted by molar-refractivity contribution is 5.70. The zero-order chi connectivity index (χ0) is 14.8. The lowest BCUT2D eigenvalue weighted by Gasteiger charge is -2.14. The summed E-state index contributed by atoms with van der Waals surface area (Å²) in [5.74, 6) is 1.30. The van der Waals surface area contributed by atoms with Crippen LogP contribution >= 0.6 is 0 Å². The minimum Gasteiger partial charge on any atom is -0.466 e. The second kappa shape index (κ2) is 5.67. The molecule has 0 bridgehead atoms. The van der Waals surface area contributed by atoms with E-state index in [2.05, 4.69) is 20.4 Å². The monoisotopic (exact) mass is 289 g/mol. The first-order chi connectivity index (χ1) is 10.2. The SMILES string of the molecule is CCOC(=O)CCc1c(C)nc2ncnn2c1NC1CC1. The second-order valence-corrected chi connectivity index (χ2v) is 5.22. The number of nitrogens with one attached hydrogen (secondary N) is 1. The number of nitrogens with zero attached hydrogens (tertiary/aromatic N) is 4. The van der Waals surface area contributed by atoms with E-state index in [9.17, 15) is 4.79 Å². The van der Waals surface area contributed by atoms with Gasteiger partial charge in [-0.1, -0.05) is 0 Å². The molecule has 2 aromatic rings. The summed E-state index contributed by atoms with van der Waals surface area (Å²) >= 11 is 0. The molecule has 3 rings (SSSR count). The number of esters is 1. The predicted molar refractivity (Wildman–Crippen MR) is 77.1 cm³/mol. The van der Waals surface area contributed by atoms with Crippen molar-refractivity contribution in [2.24, 2.45) is 0 Å². The van der Waals surface area contributed by atoms with E-state index in [1.54, 1.807) is 4.52 Å². The van der Waals surface area contributed by atoms with Gasteiger partial charge in [0.25, 0.3) is 5.78 Å². The molecule has 0 radical (unpaired) electrons. The molecule has 1 N–H and O–H groups in total. The van der Waals surface area contributed by atoms with E-state index >= 15 is 0 Å².